The normalized spacial score (nSPS) is 11.7. The maximum Gasteiger partial charge on any atom is 0.120 e. The molecule has 0 bridgehead atoms. The number of hydrogen-bond acceptors (Lipinski definition) is 11. The van der Waals surface area contributed by atoms with Crippen molar-refractivity contribution in [3.05, 3.63) is 11.9 Å². The van der Waals surface area contributed by atoms with Crippen LogP contribution in [0, 0.1) is 0 Å². The summed E-state index contributed by atoms with van der Waals surface area (Å²) in [6.07, 6.45) is 2.29. The highest BCUT2D eigenvalue weighted by Crippen LogP contribution is 2.06. The number of carbonyl (C=O) groups excluding carboxylic acids is 1. The average Bonchev–Trinajstić information content (AvgIpc) is 2.68. The molecular weight excluding hydrogens is 372 g/mol. The minimum absolute atomic E-state index is 0.0178. The molecule has 0 unspecified atom stereocenters. The van der Waals surface area contributed by atoms with Gasteiger partial charge >= 0.3 is 0 Å². The topological polar surface area (TPSA) is 184 Å². The van der Waals surface area contributed by atoms with E-state index < -0.39 is 18.2 Å². The van der Waals surface area contributed by atoms with Crippen LogP contribution in [0.1, 0.15) is 19.3 Å². The SMILES string of the molecule is CNC.N/C(=C\N(N)C(COC(CO)CO)COC(CO)CO)CCCC=O. The monoisotopic (exact) mass is 410 g/mol. The summed E-state index contributed by atoms with van der Waals surface area (Å²) in [4.78, 5) is 10.3. The van der Waals surface area contributed by atoms with Gasteiger partial charge in [0.2, 0.25) is 0 Å². The van der Waals surface area contributed by atoms with E-state index >= 15 is 0 Å². The number of rotatable bonds is 16. The molecule has 0 aromatic heterocycles. The fourth-order valence-electron chi connectivity index (χ4n) is 1.79. The average molecular weight is 411 g/mol. The lowest BCUT2D eigenvalue weighted by atomic mass is 10.2. The molecule has 0 aromatic rings. The van der Waals surface area contributed by atoms with Crippen LogP contribution in [0.5, 0.6) is 0 Å². The van der Waals surface area contributed by atoms with Gasteiger partial charge < -0.3 is 50.8 Å². The second-order valence-electron chi connectivity index (χ2n) is 6.00. The highest BCUT2D eigenvalue weighted by atomic mass is 16.5. The molecule has 0 rings (SSSR count). The largest absolute Gasteiger partial charge is 0.401 e. The number of nitrogens with one attached hydrogen (secondary N) is 1. The Morgan fingerprint density at radius 3 is 1.82 bits per heavy atom. The van der Waals surface area contributed by atoms with Gasteiger partial charge in [-0.25, -0.2) is 5.84 Å². The Bertz CT molecular complexity index is 365. The zero-order valence-corrected chi connectivity index (χ0v) is 16.9. The van der Waals surface area contributed by atoms with Crippen molar-refractivity contribution in [1.82, 2.24) is 10.3 Å². The summed E-state index contributed by atoms with van der Waals surface area (Å²) in [5, 5.41) is 40.2. The van der Waals surface area contributed by atoms with Crippen LogP contribution >= 0.6 is 0 Å². The third kappa shape index (κ3) is 15.7. The van der Waals surface area contributed by atoms with Crippen molar-refractivity contribution >= 4 is 6.29 Å². The summed E-state index contributed by atoms with van der Waals surface area (Å²) in [5.41, 5.74) is 6.32. The first-order valence-corrected chi connectivity index (χ1v) is 9.11. The molecule has 28 heavy (non-hydrogen) atoms. The maximum atomic E-state index is 10.3. The molecule has 168 valence electrons. The fourth-order valence-corrected chi connectivity index (χ4v) is 1.79. The number of aldehydes is 1. The van der Waals surface area contributed by atoms with Gasteiger partial charge in [-0.1, -0.05) is 0 Å². The number of nitrogens with two attached hydrogens (primary N) is 2. The molecule has 0 saturated heterocycles. The van der Waals surface area contributed by atoms with E-state index in [0.29, 0.717) is 25.0 Å². The van der Waals surface area contributed by atoms with Crippen LogP contribution < -0.4 is 16.9 Å². The summed E-state index contributed by atoms with van der Waals surface area (Å²) >= 11 is 0. The van der Waals surface area contributed by atoms with Crippen LogP contribution in [0.25, 0.3) is 0 Å². The Morgan fingerprint density at radius 2 is 1.46 bits per heavy atom. The van der Waals surface area contributed by atoms with Crippen molar-refractivity contribution in [2.75, 3.05) is 53.7 Å². The number of allylic oxidation sites excluding steroid dienone is 1. The summed E-state index contributed by atoms with van der Waals surface area (Å²) in [6, 6.07) is -0.536. The van der Waals surface area contributed by atoms with Gasteiger partial charge in [0.1, 0.15) is 18.5 Å². The zero-order valence-electron chi connectivity index (χ0n) is 16.9. The van der Waals surface area contributed by atoms with E-state index in [1.165, 1.54) is 11.2 Å². The standard InChI is InChI=1S/C15H31N3O7.C2H7N/c16-12(3-1-2-4-19)5-18(17)13(10-24-14(6-20)7-21)11-25-15(8-22)9-23;1-3-2/h4-5,13-15,20-23H,1-3,6-11,16-17H2;3H,1-2H3/b12-5-;. The van der Waals surface area contributed by atoms with E-state index in [1.807, 2.05) is 14.1 Å². The molecular formula is C17H38N4O7. The molecule has 0 radical (unpaired) electrons. The quantitative estimate of drug-likeness (QED) is 0.0607. The number of hydrogen-bond donors (Lipinski definition) is 7. The van der Waals surface area contributed by atoms with Gasteiger partial charge in [-0.15, -0.1) is 0 Å². The number of aliphatic hydroxyl groups is 4. The number of nitrogens with zero attached hydrogens (tertiary/aromatic N) is 1. The Hall–Kier alpha value is -1.31. The first-order chi connectivity index (χ1) is 13.4. The van der Waals surface area contributed by atoms with Crippen LogP contribution in [-0.2, 0) is 14.3 Å². The number of hydrazine groups is 1. The van der Waals surface area contributed by atoms with Gasteiger partial charge in [0, 0.05) is 18.3 Å². The molecule has 11 nitrogen and oxygen atoms in total. The van der Waals surface area contributed by atoms with Gasteiger partial charge in [0.15, 0.2) is 0 Å². The summed E-state index contributed by atoms with van der Waals surface area (Å²) in [5.74, 6) is 5.96. The molecule has 0 aromatic carbocycles. The second kappa shape index (κ2) is 20.4. The third-order valence-corrected chi connectivity index (χ3v) is 3.39. The van der Waals surface area contributed by atoms with Crippen LogP contribution in [-0.4, -0.2) is 104 Å². The molecule has 0 aliphatic rings. The second-order valence-corrected chi connectivity index (χ2v) is 6.00. The van der Waals surface area contributed by atoms with Crippen molar-refractivity contribution in [1.29, 1.82) is 0 Å². The highest BCUT2D eigenvalue weighted by molar-refractivity contribution is 5.49. The zero-order chi connectivity index (χ0) is 21.8. The van der Waals surface area contributed by atoms with Gasteiger partial charge in [0.25, 0.3) is 0 Å². The minimum Gasteiger partial charge on any atom is -0.401 e. The van der Waals surface area contributed by atoms with E-state index in [2.05, 4.69) is 5.32 Å². The van der Waals surface area contributed by atoms with Crippen molar-refractivity contribution in [2.45, 2.75) is 37.5 Å². The van der Waals surface area contributed by atoms with Crippen molar-refractivity contribution in [3.8, 4) is 0 Å². The van der Waals surface area contributed by atoms with Crippen LogP contribution in [0.2, 0.25) is 0 Å². The molecule has 0 atom stereocenters. The number of aliphatic hydroxyl groups excluding tert-OH is 4. The number of unbranched alkanes of at least 4 members (excludes halogenated alkanes) is 1. The number of ether oxygens (including phenoxy) is 2. The lowest BCUT2D eigenvalue weighted by molar-refractivity contribution is -0.107. The molecule has 0 heterocycles. The summed E-state index contributed by atoms with van der Waals surface area (Å²) in [7, 11) is 3.75. The van der Waals surface area contributed by atoms with Crippen molar-refractivity contribution in [2.24, 2.45) is 11.6 Å². The Balaban J connectivity index is 0. The molecule has 9 N–H and O–H groups in total. The predicted molar refractivity (Wildman–Crippen MR) is 105 cm³/mol. The smallest absolute Gasteiger partial charge is 0.120 e. The van der Waals surface area contributed by atoms with Crippen molar-refractivity contribution < 1.29 is 34.7 Å². The van der Waals surface area contributed by atoms with E-state index in [9.17, 15) is 4.79 Å². The molecule has 0 saturated carbocycles. The summed E-state index contributed by atoms with van der Waals surface area (Å²) < 4.78 is 10.7. The van der Waals surface area contributed by atoms with Crippen LogP contribution in [0.4, 0.5) is 0 Å². The third-order valence-electron chi connectivity index (χ3n) is 3.39. The molecule has 0 aliphatic heterocycles. The van der Waals surface area contributed by atoms with Crippen LogP contribution in [0.3, 0.4) is 0 Å². The number of carbonyl (C=O) groups is 1. The molecule has 0 aliphatic carbocycles. The van der Waals surface area contributed by atoms with Gasteiger partial charge in [0.05, 0.1) is 45.7 Å². The van der Waals surface area contributed by atoms with Gasteiger partial charge in [-0.05, 0) is 26.9 Å². The Morgan fingerprint density at radius 1 is 1.04 bits per heavy atom. The van der Waals surface area contributed by atoms with Crippen molar-refractivity contribution in [3.63, 3.8) is 0 Å². The Kier molecular flexibility index (Phi) is 21.1. The molecule has 11 heteroatoms. The molecule has 0 spiro atoms. The lowest BCUT2D eigenvalue weighted by Gasteiger charge is -2.29. The maximum absolute atomic E-state index is 10.3. The van der Waals surface area contributed by atoms with Gasteiger partial charge in [-0.2, -0.15) is 0 Å². The van der Waals surface area contributed by atoms with E-state index in [1.54, 1.807) is 0 Å². The van der Waals surface area contributed by atoms with E-state index in [4.69, 9.17) is 41.5 Å². The Labute approximate surface area is 166 Å². The fraction of sp³-hybridized carbons (Fsp3) is 0.824. The minimum atomic E-state index is -0.753. The highest BCUT2D eigenvalue weighted by Gasteiger charge is 2.19. The summed E-state index contributed by atoms with van der Waals surface area (Å²) in [6.45, 7) is -1.38. The molecule has 0 fully saturated rings. The van der Waals surface area contributed by atoms with E-state index in [-0.39, 0.29) is 39.6 Å². The van der Waals surface area contributed by atoms with E-state index in [0.717, 1.165) is 6.29 Å². The lowest BCUT2D eigenvalue weighted by Crippen LogP contribution is -2.46. The van der Waals surface area contributed by atoms with Crippen LogP contribution in [0.15, 0.2) is 11.9 Å². The van der Waals surface area contributed by atoms with Gasteiger partial charge in [-0.3, -0.25) is 0 Å². The first kappa shape index (κ1) is 28.9. The predicted octanol–water partition coefficient (Wildman–Crippen LogP) is -2.72. The molecule has 0 amide bonds. The first-order valence-electron chi connectivity index (χ1n) is 9.11.